The molecule has 2 aromatic rings. The summed E-state index contributed by atoms with van der Waals surface area (Å²) in [6.07, 6.45) is 1.44. The fraction of sp³-hybridized carbons (Fsp3) is 0.263. The Labute approximate surface area is 169 Å². The van der Waals surface area contributed by atoms with Gasteiger partial charge in [-0.2, -0.15) is 5.10 Å². The van der Waals surface area contributed by atoms with E-state index >= 15 is 0 Å². The molecule has 5 nitrogen and oxygen atoms in total. The average Bonchev–Trinajstić information content (AvgIpc) is 2.57. The molecule has 0 saturated carbocycles. The zero-order chi connectivity index (χ0) is 19.3. The van der Waals surface area contributed by atoms with Crippen LogP contribution in [0.25, 0.3) is 0 Å². The topological polar surface area (TPSA) is 70.9 Å². The van der Waals surface area contributed by atoms with Gasteiger partial charge >= 0.3 is 0 Å². The minimum absolute atomic E-state index is 0.0698. The number of hydrogen-bond donors (Lipinski definition) is 2. The van der Waals surface area contributed by atoms with Crippen molar-refractivity contribution >= 4 is 44.0 Å². The van der Waals surface area contributed by atoms with Crippen molar-refractivity contribution in [2.75, 3.05) is 6.61 Å². The quantitative estimate of drug-likeness (QED) is 0.476. The van der Waals surface area contributed by atoms with Gasteiger partial charge in [0.1, 0.15) is 11.5 Å². The molecule has 1 amide bonds. The number of phenols is 1. The summed E-state index contributed by atoms with van der Waals surface area (Å²) < 4.78 is 6.75. The first-order valence-electron chi connectivity index (χ1n) is 7.90. The van der Waals surface area contributed by atoms with Crippen LogP contribution >= 0.6 is 31.9 Å². The summed E-state index contributed by atoms with van der Waals surface area (Å²) in [4.78, 5) is 11.8. The molecule has 0 unspecified atom stereocenters. The standard InChI is InChI=1S/C19H20Br2N2O3/c1-19(2,3)13-4-6-14(7-5-13)26-11-18(25)23-22-10-12-8-17(24)16(21)9-15(12)20/h4-10,24H,11H2,1-3H3,(H,23,25)/b22-10+. The van der Waals surface area contributed by atoms with Crippen molar-refractivity contribution in [1.29, 1.82) is 0 Å². The van der Waals surface area contributed by atoms with E-state index in [-0.39, 0.29) is 23.7 Å². The van der Waals surface area contributed by atoms with Gasteiger partial charge in [-0.05, 0) is 51.2 Å². The van der Waals surface area contributed by atoms with Crippen LogP contribution in [0.3, 0.4) is 0 Å². The normalized spacial score (nSPS) is 11.6. The van der Waals surface area contributed by atoms with Gasteiger partial charge in [0, 0.05) is 10.0 Å². The van der Waals surface area contributed by atoms with Crippen molar-refractivity contribution in [3.05, 3.63) is 56.5 Å². The monoisotopic (exact) mass is 482 g/mol. The number of hydrogen-bond acceptors (Lipinski definition) is 4. The largest absolute Gasteiger partial charge is 0.507 e. The zero-order valence-corrected chi connectivity index (χ0v) is 17.9. The fourth-order valence-electron chi connectivity index (χ4n) is 2.06. The van der Waals surface area contributed by atoms with Gasteiger partial charge in [-0.25, -0.2) is 5.43 Å². The maximum Gasteiger partial charge on any atom is 0.277 e. The number of benzene rings is 2. The molecule has 7 heteroatoms. The van der Waals surface area contributed by atoms with Crippen LogP contribution in [0.1, 0.15) is 31.9 Å². The van der Waals surface area contributed by atoms with E-state index in [9.17, 15) is 9.90 Å². The van der Waals surface area contributed by atoms with Crippen LogP contribution in [-0.4, -0.2) is 23.8 Å². The fourth-order valence-corrected chi connectivity index (χ4v) is 3.16. The van der Waals surface area contributed by atoms with E-state index in [2.05, 4.69) is 63.2 Å². The minimum Gasteiger partial charge on any atom is -0.507 e. The van der Waals surface area contributed by atoms with Crippen LogP contribution in [0.15, 0.2) is 50.4 Å². The first-order valence-corrected chi connectivity index (χ1v) is 9.48. The van der Waals surface area contributed by atoms with Crippen LogP contribution in [0.2, 0.25) is 0 Å². The Bertz CT molecular complexity index is 813. The molecular formula is C19H20Br2N2O3. The zero-order valence-electron chi connectivity index (χ0n) is 14.7. The lowest BCUT2D eigenvalue weighted by Crippen LogP contribution is -2.24. The van der Waals surface area contributed by atoms with Gasteiger partial charge in [0.25, 0.3) is 5.91 Å². The summed E-state index contributed by atoms with van der Waals surface area (Å²) in [5, 5.41) is 13.5. The third-order valence-electron chi connectivity index (χ3n) is 3.55. The second kappa shape index (κ2) is 8.68. The molecule has 0 fully saturated rings. The number of ether oxygens (including phenoxy) is 1. The van der Waals surface area contributed by atoms with Crippen molar-refractivity contribution in [3.8, 4) is 11.5 Å². The molecule has 0 saturated heterocycles. The molecule has 0 aliphatic rings. The van der Waals surface area contributed by atoms with Gasteiger partial charge in [0.2, 0.25) is 0 Å². The number of amides is 1. The molecule has 2 N–H and O–H groups in total. The minimum atomic E-state index is -0.376. The van der Waals surface area contributed by atoms with Gasteiger partial charge in [-0.1, -0.05) is 48.8 Å². The Hall–Kier alpha value is -1.86. The van der Waals surface area contributed by atoms with E-state index in [1.54, 1.807) is 6.07 Å². The molecule has 26 heavy (non-hydrogen) atoms. The van der Waals surface area contributed by atoms with Crippen molar-refractivity contribution in [1.82, 2.24) is 5.43 Å². The molecule has 0 atom stereocenters. The van der Waals surface area contributed by atoms with Crippen LogP contribution < -0.4 is 10.2 Å². The number of nitrogens with one attached hydrogen (secondary N) is 1. The summed E-state index contributed by atoms with van der Waals surface area (Å²) in [6, 6.07) is 10.9. The van der Waals surface area contributed by atoms with Crippen LogP contribution in [-0.2, 0) is 10.2 Å². The molecule has 0 spiro atoms. The molecule has 138 valence electrons. The van der Waals surface area contributed by atoms with E-state index in [4.69, 9.17) is 4.74 Å². The molecule has 0 aliphatic carbocycles. The van der Waals surface area contributed by atoms with E-state index in [0.29, 0.717) is 15.8 Å². The molecular weight excluding hydrogens is 464 g/mol. The average molecular weight is 484 g/mol. The number of carbonyl (C=O) groups is 1. The Kier molecular flexibility index (Phi) is 6.83. The second-order valence-electron chi connectivity index (χ2n) is 6.68. The van der Waals surface area contributed by atoms with E-state index < -0.39 is 0 Å². The molecule has 0 bridgehead atoms. The third kappa shape index (κ3) is 5.85. The number of phenolic OH excluding ortho intramolecular Hbond substituents is 1. The molecule has 0 aromatic heterocycles. The predicted octanol–water partition coefficient (Wildman–Crippen LogP) is 4.74. The van der Waals surface area contributed by atoms with E-state index in [1.807, 2.05) is 24.3 Å². The van der Waals surface area contributed by atoms with Gasteiger partial charge < -0.3 is 9.84 Å². The van der Waals surface area contributed by atoms with E-state index in [1.165, 1.54) is 17.8 Å². The lowest BCUT2D eigenvalue weighted by atomic mass is 9.87. The second-order valence-corrected chi connectivity index (χ2v) is 8.39. The highest BCUT2D eigenvalue weighted by molar-refractivity contribution is 9.11. The Morgan fingerprint density at radius 1 is 1.19 bits per heavy atom. The SMILES string of the molecule is CC(C)(C)c1ccc(OCC(=O)N/N=C/c2cc(O)c(Br)cc2Br)cc1. The van der Waals surface area contributed by atoms with Gasteiger partial charge in [0.05, 0.1) is 10.7 Å². The summed E-state index contributed by atoms with van der Waals surface area (Å²) >= 11 is 6.58. The molecule has 0 heterocycles. The van der Waals surface area contributed by atoms with E-state index in [0.717, 1.165) is 4.47 Å². The van der Waals surface area contributed by atoms with Crippen LogP contribution in [0.4, 0.5) is 0 Å². The summed E-state index contributed by atoms with van der Waals surface area (Å²) in [5.74, 6) is 0.333. The Balaban J connectivity index is 1.87. The number of aromatic hydroxyl groups is 1. The maximum absolute atomic E-state index is 11.8. The summed E-state index contributed by atoms with van der Waals surface area (Å²) in [5.41, 5.74) is 4.29. The smallest absolute Gasteiger partial charge is 0.277 e. The van der Waals surface area contributed by atoms with Gasteiger partial charge in [0.15, 0.2) is 6.61 Å². The van der Waals surface area contributed by atoms with Crippen molar-refractivity contribution in [2.45, 2.75) is 26.2 Å². The summed E-state index contributed by atoms with van der Waals surface area (Å²) in [7, 11) is 0. The molecule has 0 radical (unpaired) electrons. The predicted molar refractivity (Wildman–Crippen MR) is 110 cm³/mol. The Morgan fingerprint density at radius 3 is 2.46 bits per heavy atom. The number of hydrazone groups is 1. The van der Waals surface area contributed by atoms with Crippen LogP contribution in [0.5, 0.6) is 11.5 Å². The lowest BCUT2D eigenvalue weighted by molar-refractivity contribution is -0.123. The van der Waals surface area contributed by atoms with Crippen molar-refractivity contribution in [3.63, 3.8) is 0 Å². The van der Waals surface area contributed by atoms with Gasteiger partial charge in [-0.3, -0.25) is 4.79 Å². The van der Waals surface area contributed by atoms with Gasteiger partial charge in [-0.15, -0.1) is 0 Å². The Morgan fingerprint density at radius 2 is 1.85 bits per heavy atom. The number of halogens is 2. The highest BCUT2D eigenvalue weighted by atomic mass is 79.9. The number of nitrogens with zero attached hydrogens (tertiary/aromatic N) is 1. The highest BCUT2D eigenvalue weighted by Crippen LogP contribution is 2.29. The van der Waals surface area contributed by atoms with Crippen molar-refractivity contribution in [2.24, 2.45) is 5.10 Å². The number of carbonyl (C=O) groups excluding carboxylic acids is 1. The van der Waals surface area contributed by atoms with Crippen LogP contribution in [0, 0.1) is 0 Å². The summed E-state index contributed by atoms with van der Waals surface area (Å²) in [6.45, 7) is 6.27. The molecule has 0 aliphatic heterocycles. The number of rotatable bonds is 5. The highest BCUT2D eigenvalue weighted by Gasteiger charge is 2.13. The lowest BCUT2D eigenvalue weighted by Gasteiger charge is -2.19. The first-order chi connectivity index (χ1) is 12.2. The maximum atomic E-state index is 11.8. The molecule has 2 aromatic carbocycles. The first kappa shape index (κ1) is 20.5. The molecule has 2 rings (SSSR count). The third-order valence-corrected chi connectivity index (χ3v) is 4.87. The van der Waals surface area contributed by atoms with Crippen molar-refractivity contribution < 1.29 is 14.6 Å².